The summed E-state index contributed by atoms with van der Waals surface area (Å²) in [5.74, 6) is 1.23. The fourth-order valence-electron chi connectivity index (χ4n) is 3.40. The number of carbonyl (C=O) groups is 2. The summed E-state index contributed by atoms with van der Waals surface area (Å²) >= 11 is 0. The van der Waals surface area contributed by atoms with Crippen LogP contribution in [0.5, 0.6) is 0 Å². The quantitative estimate of drug-likeness (QED) is 0.342. The van der Waals surface area contributed by atoms with Gasteiger partial charge in [0.25, 0.3) is 5.91 Å². The second-order valence-corrected chi connectivity index (χ2v) is 7.56. The number of aromatic nitrogens is 2. The molecule has 0 saturated heterocycles. The summed E-state index contributed by atoms with van der Waals surface area (Å²) in [6.45, 7) is 3.60. The fraction of sp³-hybridized carbons (Fsp3) is 0.120. The maximum atomic E-state index is 12.8. The summed E-state index contributed by atoms with van der Waals surface area (Å²) in [5.41, 5.74) is 2.48. The van der Waals surface area contributed by atoms with Gasteiger partial charge in [0, 0.05) is 30.1 Å². The number of fused-ring (bicyclic) bond motifs is 1. The van der Waals surface area contributed by atoms with Crippen LogP contribution in [-0.2, 0) is 0 Å². The van der Waals surface area contributed by atoms with Gasteiger partial charge >= 0.3 is 6.03 Å². The highest BCUT2D eigenvalue weighted by Gasteiger charge is 2.12. The molecule has 0 fully saturated rings. The predicted octanol–water partition coefficient (Wildman–Crippen LogP) is 5.18. The van der Waals surface area contributed by atoms with Crippen molar-refractivity contribution in [1.29, 1.82) is 0 Å². The van der Waals surface area contributed by atoms with Crippen LogP contribution in [0.25, 0.3) is 10.8 Å². The number of urea groups is 1. The molecule has 0 aliphatic heterocycles. The summed E-state index contributed by atoms with van der Waals surface area (Å²) in [7, 11) is 1.74. The van der Waals surface area contributed by atoms with E-state index in [0.717, 1.165) is 16.3 Å². The maximum Gasteiger partial charge on any atom is 0.324 e. The lowest BCUT2D eigenvalue weighted by atomic mass is 10.1. The second-order valence-electron chi connectivity index (χ2n) is 7.56. The molecule has 0 radical (unpaired) electrons. The highest BCUT2D eigenvalue weighted by atomic mass is 16.2. The molecule has 166 valence electrons. The molecule has 0 aliphatic rings. The summed E-state index contributed by atoms with van der Waals surface area (Å²) in [6, 6.07) is 20.0. The van der Waals surface area contributed by atoms with Crippen molar-refractivity contribution in [2.24, 2.45) is 0 Å². The van der Waals surface area contributed by atoms with Crippen molar-refractivity contribution in [3.63, 3.8) is 0 Å². The predicted molar refractivity (Wildman–Crippen MR) is 132 cm³/mol. The normalized spacial score (nSPS) is 10.5. The van der Waals surface area contributed by atoms with E-state index in [1.165, 1.54) is 0 Å². The first kappa shape index (κ1) is 21.8. The minimum atomic E-state index is -0.467. The number of benzene rings is 3. The van der Waals surface area contributed by atoms with Crippen LogP contribution in [-0.4, -0.2) is 29.0 Å². The van der Waals surface area contributed by atoms with Crippen molar-refractivity contribution < 1.29 is 9.59 Å². The molecule has 8 nitrogen and oxygen atoms in total. The lowest BCUT2D eigenvalue weighted by Gasteiger charge is -2.12. The third kappa shape index (κ3) is 5.24. The van der Waals surface area contributed by atoms with Gasteiger partial charge in [-0.1, -0.05) is 36.4 Å². The molecule has 3 aromatic carbocycles. The standard InChI is InChI=1S/C25H24N6O2/c1-15-8-9-19(24(32)29-20-11-10-17-6-4-5-7-18(17)12-20)13-21(15)30-25(33)31-23-14-22(26-3)27-16(2)28-23/h4-14H,1-3H3,(H,29,32)(H3,26,27,28,30,31,33). The third-order valence-electron chi connectivity index (χ3n) is 5.09. The molecule has 4 aromatic rings. The number of hydrogen-bond acceptors (Lipinski definition) is 5. The van der Waals surface area contributed by atoms with Gasteiger partial charge in [0.1, 0.15) is 17.5 Å². The molecule has 1 heterocycles. The molecule has 4 rings (SSSR count). The smallest absolute Gasteiger partial charge is 0.324 e. The zero-order chi connectivity index (χ0) is 23.4. The minimum Gasteiger partial charge on any atom is -0.373 e. The molecule has 0 saturated carbocycles. The van der Waals surface area contributed by atoms with Crippen molar-refractivity contribution in [2.75, 3.05) is 28.3 Å². The number of hydrogen-bond donors (Lipinski definition) is 4. The van der Waals surface area contributed by atoms with Crippen molar-refractivity contribution in [3.05, 3.63) is 83.7 Å². The van der Waals surface area contributed by atoms with Gasteiger partial charge in [-0.25, -0.2) is 14.8 Å². The lowest BCUT2D eigenvalue weighted by Crippen LogP contribution is -2.21. The Morgan fingerprint density at radius 3 is 2.30 bits per heavy atom. The Balaban J connectivity index is 1.48. The zero-order valence-corrected chi connectivity index (χ0v) is 18.6. The van der Waals surface area contributed by atoms with E-state index in [1.807, 2.05) is 49.4 Å². The van der Waals surface area contributed by atoms with Crippen molar-refractivity contribution in [2.45, 2.75) is 13.8 Å². The summed E-state index contributed by atoms with van der Waals surface area (Å²) in [5, 5.41) is 13.5. The van der Waals surface area contributed by atoms with E-state index in [4.69, 9.17) is 0 Å². The first-order valence-corrected chi connectivity index (χ1v) is 10.4. The topological polar surface area (TPSA) is 108 Å². The monoisotopic (exact) mass is 440 g/mol. The Morgan fingerprint density at radius 2 is 1.52 bits per heavy atom. The van der Waals surface area contributed by atoms with Crippen molar-refractivity contribution >= 4 is 45.7 Å². The van der Waals surface area contributed by atoms with Crippen molar-refractivity contribution in [1.82, 2.24) is 9.97 Å². The van der Waals surface area contributed by atoms with Crippen LogP contribution in [0, 0.1) is 13.8 Å². The summed E-state index contributed by atoms with van der Waals surface area (Å²) < 4.78 is 0. The number of nitrogens with zero attached hydrogens (tertiary/aromatic N) is 2. The van der Waals surface area contributed by atoms with Gasteiger partial charge in [0.15, 0.2) is 0 Å². The number of carbonyl (C=O) groups excluding carboxylic acids is 2. The minimum absolute atomic E-state index is 0.265. The molecule has 33 heavy (non-hydrogen) atoms. The van der Waals surface area contributed by atoms with E-state index < -0.39 is 6.03 Å². The first-order chi connectivity index (χ1) is 15.9. The molecule has 1 aromatic heterocycles. The second kappa shape index (κ2) is 9.35. The Labute approximate surface area is 191 Å². The van der Waals surface area contributed by atoms with E-state index in [-0.39, 0.29) is 5.91 Å². The van der Waals surface area contributed by atoms with Crippen LogP contribution in [0.15, 0.2) is 66.7 Å². The fourth-order valence-corrected chi connectivity index (χ4v) is 3.40. The van der Waals surface area contributed by atoms with Gasteiger partial charge in [0.05, 0.1) is 0 Å². The van der Waals surface area contributed by atoms with Gasteiger partial charge in [-0.05, 0) is 54.4 Å². The molecular formula is C25H24N6O2. The number of nitrogens with one attached hydrogen (secondary N) is 4. The Kier molecular flexibility index (Phi) is 6.17. The van der Waals surface area contributed by atoms with Crippen LogP contribution < -0.4 is 21.3 Å². The van der Waals surface area contributed by atoms with Crippen LogP contribution in [0.3, 0.4) is 0 Å². The highest BCUT2D eigenvalue weighted by Crippen LogP contribution is 2.22. The third-order valence-corrected chi connectivity index (χ3v) is 5.09. The summed E-state index contributed by atoms with van der Waals surface area (Å²) in [6.07, 6.45) is 0. The SMILES string of the molecule is CNc1cc(NC(=O)Nc2cc(C(=O)Nc3ccc4ccccc4c3)ccc2C)nc(C)n1. The lowest BCUT2D eigenvalue weighted by molar-refractivity contribution is 0.102. The zero-order valence-electron chi connectivity index (χ0n) is 18.6. The Morgan fingerprint density at radius 1 is 0.758 bits per heavy atom. The van der Waals surface area contributed by atoms with E-state index in [0.29, 0.717) is 34.4 Å². The molecule has 0 spiro atoms. The highest BCUT2D eigenvalue weighted by molar-refractivity contribution is 6.07. The number of anilines is 4. The average molecular weight is 441 g/mol. The Hall–Kier alpha value is -4.46. The van der Waals surface area contributed by atoms with Crippen molar-refractivity contribution in [3.8, 4) is 0 Å². The molecule has 0 atom stereocenters. The number of aryl methyl sites for hydroxylation is 2. The van der Waals surface area contributed by atoms with E-state index in [2.05, 4.69) is 31.2 Å². The van der Waals surface area contributed by atoms with Crippen LogP contribution in [0.1, 0.15) is 21.7 Å². The number of amides is 3. The van der Waals surface area contributed by atoms with Crippen LogP contribution >= 0.6 is 0 Å². The van der Waals surface area contributed by atoms with Gasteiger partial charge in [-0.15, -0.1) is 0 Å². The molecule has 0 aliphatic carbocycles. The molecule has 8 heteroatoms. The molecular weight excluding hydrogens is 416 g/mol. The first-order valence-electron chi connectivity index (χ1n) is 10.4. The van der Waals surface area contributed by atoms with E-state index in [1.54, 1.807) is 38.2 Å². The Bertz CT molecular complexity index is 1350. The molecule has 0 bridgehead atoms. The van der Waals surface area contributed by atoms with E-state index in [9.17, 15) is 9.59 Å². The van der Waals surface area contributed by atoms with Gasteiger partial charge < -0.3 is 16.0 Å². The van der Waals surface area contributed by atoms with Crippen LogP contribution in [0.2, 0.25) is 0 Å². The van der Waals surface area contributed by atoms with E-state index >= 15 is 0 Å². The largest absolute Gasteiger partial charge is 0.373 e. The molecule has 0 unspecified atom stereocenters. The average Bonchev–Trinajstić information content (AvgIpc) is 2.79. The van der Waals surface area contributed by atoms with Gasteiger partial charge in [-0.2, -0.15) is 0 Å². The molecule has 4 N–H and O–H groups in total. The molecule has 3 amide bonds. The summed E-state index contributed by atoms with van der Waals surface area (Å²) in [4.78, 5) is 33.8. The van der Waals surface area contributed by atoms with Gasteiger partial charge in [0.2, 0.25) is 0 Å². The van der Waals surface area contributed by atoms with Crippen LogP contribution in [0.4, 0.5) is 27.8 Å². The van der Waals surface area contributed by atoms with Gasteiger partial charge in [-0.3, -0.25) is 10.1 Å². The number of rotatable bonds is 5. The maximum absolute atomic E-state index is 12.8.